The number of aryl methyl sites for hydroxylation is 1. The standard InChI is InChI=1S/C28H34O7S/c1-31-21-34-27-14-8-12-25-22(9-7-13-26(25)27)16-18-36(29,30)20-24(35-28-15-5-6-17-32-28)19-33-23-10-3-2-4-11-23/h2-4,7-14,24,28H,5-6,15-21H2,1H3. The summed E-state index contributed by atoms with van der Waals surface area (Å²) < 4.78 is 54.7. The molecule has 0 amide bonds. The third-order valence-corrected chi connectivity index (χ3v) is 7.79. The average molecular weight is 515 g/mol. The summed E-state index contributed by atoms with van der Waals surface area (Å²) in [7, 11) is -1.87. The third-order valence-electron chi connectivity index (χ3n) is 6.09. The Morgan fingerprint density at radius 1 is 0.944 bits per heavy atom. The van der Waals surface area contributed by atoms with Crippen molar-refractivity contribution in [2.45, 2.75) is 38.1 Å². The van der Waals surface area contributed by atoms with Gasteiger partial charge in [0.25, 0.3) is 0 Å². The van der Waals surface area contributed by atoms with Crippen molar-refractivity contribution < 1.29 is 32.1 Å². The first-order valence-corrected chi connectivity index (χ1v) is 14.1. The Hall–Kier alpha value is -2.65. The predicted molar refractivity (Wildman–Crippen MR) is 139 cm³/mol. The van der Waals surface area contributed by atoms with E-state index in [0.717, 1.165) is 35.6 Å². The van der Waals surface area contributed by atoms with Crippen LogP contribution in [0.4, 0.5) is 0 Å². The van der Waals surface area contributed by atoms with Crippen LogP contribution in [0.25, 0.3) is 10.8 Å². The Morgan fingerprint density at radius 3 is 2.53 bits per heavy atom. The molecule has 1 fully saturated rings. The zero-order chi connectivity index (χ0) is 25.2. The predicted octanol–water partition coefficient (Wildman–Crippen LogP) is 4.77. The molecule has 1 aliphatic rings. The molecule has 1 heterocycles. The van der Waals surface area contributed by atoms with Crippen LogP contribution in [-0.4, -0.2) is 59.4 Å². The second kappa shape index (κ2) is 13.1. The molecule has 8 heteroatoms. The second-order valence-electron chi connectivity index (χ2n) is 8.86. The van der Waals surface area contributed by atoms with Crippen molar-refractivity contribution in [1.29, 1.82) is 0 Å². The first kappa shape index (κ1) is 26.4. The molecule has 0 aromatic heterocycles. The molecule has 0 spiro atoms. The highest BCUT2D eigenvalue weighted by Gasteiger charge is 2.26. The molecule has 2 atom stereocenters. The maximum atomic E-state index is 13.2. The molecule has 3 aromatic rings. The number of rotatable bonds is 13. The van der Waals surface area contributed by atoms with Gasteiger partial charge in [0, 0.05) is 19.1 Å². The molecule has 4 rings (SSSR count). The molecule has 0 bridgehead atoms. The Kier molecular flexibility index (Phi) is 9.58. The number of para-hydroxylation sites is 1. The van der Waals surface area contributed by atoms with Gasteiger partial charge >= 0.3 is 0 Å². The van der Waals surface area contributed by atoms with Crippen LogP contribution in [0.3, 0.4) is 0 Å². The average Bonchev–Trinajstić information content (AvgIpc) is 2.90. The smallest absolute Gasteiger partial charge is 0.188 e. The van der Waals surface area contributed by atoms with Gasteiger partial charge in [0.2, 0.25) is 0 Å². The normalized spacial score (nSPS) is 17.1. The Morgan fingerprint density at radius 2 is 1.75 bits per heavy atom. The second-order valence-corrected chi connectivity index (χ2v) is 11.1. The third kappa shape index (κ3) is 7.67. The fourth-order valence-corrected chi connectivity index (χ4v) is 5.75. The summed E-state index contributed by atoms with van der Waals surface area (Å²) in [6, 6.07) is 21.0. The van der Waals surface area contributed by atoms with Crippen LogP contribution in [0.1, 0.15) is 24.8 Å². The van der Waals surface area contributed by atoms with Gasteiger partial charge in [0.05, 0.1) is 11.5 Å². The van der Waals surface area contributed by atoms with Crippen molar-refractivity contribution in [1.82, 2.24) is 0 Å². The van der Waals surface area contributed by atoms with Crippen molar-refractivity contribution in [3.63, 3.8) is 0 Å². The van der Waals surface area contributed by atoms with Crippen molar-refractivity contribution >= 4 is 20.6 Å². The van der Waals surface area contributed by atoms with E-state index in [9.17, 15) is 8.42 Å². The minimum absolute atomic E-state index is 0.00594. The maximum Gasteiger partial charge on any atom is 0.188 e. The summed E-state index contributed by atoms with van der Waals surface area (Å²) >= 11 is 0. The molecule has 2 unspecified atom stereocenters. The van der Waals surface area contributed by atoms with E-state index in [2.05, 4.69) is 0 Å². The van der Waals surface area contributed by atoms with Crippen molar-refractivity contribution in [3.05, 3.63) is 72.3 Å². The molecule has 1 aliphatic heterocycles. The summed E-state index contributed by atoms with van der Waals surface area (Å²) in [5, 5.41) is 1.90. The Labute approximate surface area is 213 Å². The first-order chi connectivity index (χ1) is 17.5. The molecular weight excluding hydrogens is 480 g/mol. The fraction of sp³-hybridized carbons (Fsp3) is 0.429. The zero-order valence-electron chi connectivity index (χ0n) is 20.6. The van der Waals surface area contributed by atoms with Crippen molar-refractivity contribution in [2.24, 2.45) is 0 Å². The van der Waals surface area contributed by atoms with Gasteiger partial charge in [-0.05, 0) is 54.8 Å². The van der Waals surface area contributed by atoms with E-state index in [1.165, 1.54) is 0 Å². The molecule has 1 saturated heterocycles. The van der Waals surface area contributed by atoms with Crippen molar-refractivity contribution in [3.8, 4) is 11.5 Å². The summed E-state index contributed by atoms with van der Waals surface area (Å²) in [4.78, 5) is 0. The number of hydrogen-bond acceptors (Lipinski definition) is 7. The van der Waals surface area contributed by atoms with E-state index in [-0.39, 0.29) is 24.9 Å². The Balaban J connectivity index is 1.43. The molecule has 194 valence electrons. The minimum Gasteiger partial charge on any atom is -0.491 e. The summed E-state index contributed by atoms with van der Waals surface area (Å²) in [5.74, 6) is 1.26. The van der Waals surface area contributed by atoms with E-state index in [4.69, 9.17) is 23.7 Å². The SMILES string of the molecule is COCOc1cccc2c(CCS(=O)(=O)CC(COc3ccccc3)OC3CCCCO3)cccc12. The number of sulfone groups is 1. The van der Waals surface area contributed by atoms with E-state index in [1.54, 1.807) is 7.11 Å². The summed E-state index contributed by atoms with van der Waals surface area (Å²) in [6.45, 7) is 0.910. The van der Waals surface area contributed by atoms with Gasteiger partial charge in [0.15, 0.2) is 22.9 Å². The number of ether oxygens (including phenoxy) is 5. The minimum atomic E-state index is -3.44. The molecule has 3 aromatic carbocycles. The van der Waals surface area contributed by atoms with E-state index in [0.29, 0.717) is 24.5 Å². The van der Waals surface area contributed by atoms with Crippen LogP contribution >= 0.6 is 0 Å². The van der Waals surface area contributed by atoms with Gasteiger partial charge in [-0.15, -0.1) is 0 Å². The first-order valence-electron chi connectivity index (χ1n) is 12.3. The lowest BCUT2D eigenvalue weighted by Crippen LogP contribution is -2.37. The lowest BCUT2D eigenvalue weighted by atomic mass is 10.0. The van der Waals surface area contributed by atoms with Gasteiger partial charge in [-0.25, -0.2) is 8.42 Å². The van der Waals surface area contributed by atoms with Crippen molar-refractivity contribution in [2.75, 3.05) is 38.6 Å². The van der Waals surface area contributed by atoms with Crippen LogP contribution < -0.4 is 9.47 Å². The number of hydrogen-bond donors (Lipinski definition) is 0. The zero-order valence-corrected chi connectivity index (χ0v) is 21.5. The summed E-state index contributed by atoms with van der Waals surface area (Å²) in [5.41, 5.74) is 0.951. The molecule has 0 N–H and O–H groups in total. The van der Waals surface area contributed by atoms with Gasteiger partial charge in [0.1, 0.15) is 24.2 Å². The van der Waals surface area contributed by atoms with Crippen LogP contribution in [0.15, 0.2) is 66.7 Å². The molecular formula is C28H34O7S. The van der Waals surface area contributed by atoms with Crippen LogP contribution in [0.5, 0.6) is 11.5 Å². The van der Waals surface area contributed by atoms with Crippen LogP contribution in [0.2, 0.25) is 0 Å². The number of fused-ring (bicyclic) bond motifs is 1. The Bertz CT molecular complexity index is 1190. The van der Waals surface area contributed by atoms with Crippen LogP contribution in [-0.2, 0) is 30.5 Å². The lowest BCUT2D eigenvalue weighted by molar-refractivity contribution is -0.188. The highest BCUT2D eigenvalue weighted by Crippen LogP contribution is 2.28. The van der Waals surface area contributed by atoms with Gasteiger partial charge < -0.3 is 23.7 Å². The van der Waals surface area contributed by atoms with E-state index in [1.807, 2.05) is 66.7 Å². The number of benzene rings is 3. The van der Waals surface area contributed by atoms with E-state index >= 15 is 0 Å². The topological polar surface area (TPSA) is 80.3 Å². The van der Waals surface area contributed by atoms with Gasteiger partial charge in [-0.2, -0.15) is 0 Å². The molecule has 7 nitrogen and oxygen atoms in total. The van der Waals surface area contributed by atoms with E-state index < -0.39 is 22.2 Å². The largest absolute Gasteiger partial charge is 0.491 e. The molecule has 0 radical (unpaired) electrons. The quantitative estimate of drug-likeness (QED) is 0.304. The van der Waals surface area contributed by atoms with Crippen LogP contribution in [0, 0.1) is 0 Å². The highest BCUT2D eigenvalue weighted by atomic mass is 32.2. The monoisotopic (exact) mass is 514 g/mol. The highest BCUT2D eigenvalue weighted by molar-refractivity contribution is 7.91. The van der Waals surface area contributed by atoms with Gasteiger partial charge in [-0.3, -0.25) is 0 Å². The number of methoxy groups -OCH3 is 1. The summed E-state index contributed by atoms with van der Waals surface area (Å²) in [6.07, 6.45) is 2.11. The molecule has 0 aliphatic carbocycles. The maximum absolute atomic E-state index is 13.2. The van der Waals surface area contributed by atoms with Gasteiger partial charge in [-0.1, -0.05) is 48.5 Å². The molecule has 0 saturated carbocycles. The fourth-order valence-electron chi connectivity index (χ4n) is 4.31. The molecule has 36 heavy (non-hydrogen) atoms. The lowest BCUT2D eigenvalue weighted by Gasteiger charge is -2.27.